The second kappa shape index (κ2) is 5.30. The Bertz CT molecular complexity index is 491. The van der Waals surface area contributed by atoms with E-state index >= 15 is 0 Å². The van der Waals surface area contributed by atoms with Gasteiger partial charge in [0.25, 0.3) is 0 Å². The number of carbonyl (C=O) groups excluding carboxylic acids is 1. The average molecular weight is 230 g/mol. The van der Waals surface area contributed by atoms with Gasteiger partial charge in [0, 0.05) is 6.54 Å². The molecule has 88 valence electrons. The number of nitrogens with one attached hydrogen (secondary N) is 1. The van der Waals surface area contributed by atoms with Crippen molar-refractivity contribution in [3.05, 3.63) is 53.7 Å². The van der Waals surface area contributed by atoms with Crippen LogP contribution in [0.15, 0.2) is 41.1 Å². The molecule has 0 aliphatic rings. The van der Waals surface area contributed by atoms with Gasteiger partial charge in [-0.15, -0.1) is 0 Å². The quantitative estimate of drug-likeness (QED) is 0.872. The molecule has 0 aliphatic carbocycles. The Morgan fingerprint density at radius 3 is 2.76 bits per heavy atom. The molecule has 2 aromatic rings. The van der Waals surface area contributed by atoms with Gasteiger partial charge in [-0.25, -0.2) is 4.98 Å². The summed E-state index contributed by atoms with van der Waals surface area (Å²) in [5.74, 6) is 0.560. The summed E-state index contributed by atoms with van der Waals surface area (Å²) in [6.45, 7) is 2.36. The SMILES string of the molecule is Cc1ncoc1CC(=O)NCc1ccccc1. The van der Waals surface area contributed by atoms with Crippen LogP contribution in [0, 0.1) is 6.92 Å². The van der Waals surface area contributed by atoms with E-state index < -0.39 is 0 Å². The molecule has 1 N–H and O–H groups in total. The van der Waals surface area contributed by atoms with E-state index in [1.807, 2.05) is 37.3 Å². The molecule has 0 aliphatic heterocycles. The van der Waals surface area contributed by atoms with Crippen molar-refractivity contribution in [1.82, 2.24) is 10.3 Å². The molecule has 0 fully saturated rings. The summed E-state index contributed by atoms with van der Waals surface area (Å²) in [4.78, 5) is 15.6. The molecule has 0 unspecified atom stereocenters. The zero-order valence-corrected chi connectivity index (χ0v) is 9.64. The maximum absolute atomic E-state index is 11.6. The van der Waals surface area contributed by atoms with Crippen molar-refractivity contribution < 1.29 is 9.21 Å². The molecular weight excluding hydrogens is 216 g/mol. The van der Waals surface area contributed by atoms with E-state index in [2.05, 4.69) is 10.3 Å². The topological polar surface area (TPSA) is 55.1 Å². The van der Waals surface area contributed by atoms with Gasteiger partial charge in [0.1, 0.15) is 5.76 Å². The first-order valence-corrected chi connectivity index (χ1v) is 5.45. The molecule has 0 atom stereocenters. The summed E-state index contributed by atoms with van der Waals surface area (Å²) in [5.41, 5.74) is 1.84. The summed E-state index contributed by atoms with van der Waals surface area (Å²) in [5, 5.41) is 2.84. The molecule has 4 nitrogen and oxygen atoms in total. The van der Waals surface area contributed by atoms with Crippen molar-refractivity contribution in [3.8, 4) is 0 Å². The lowest BCUT2D eigenvalue weighted by Gasteiger charge is -2.04. The third kappa shape index (κ3) is 3.17. The van der Waals surface area contributed by atoms with Crippen LogP contribution in [0.1, 0.15) is 17.0 Å². The summed E-state index contributed by atoms with van der Waals surface area (Å²) in [7, 11) is 0. The Hall–Kier alpha value is -2.10. The van der Waals surface area contributed by atoms with Crippen LogP contribution in [0.3, 0.4) is 0 Å². The maximum atomic E-state index is 11.6. The number of oxazole rings is 1. The van der Waals surface area contributed by atoms with Crippen LogP contribution in [0.5, 0.6) is 0 Å². The summed E-state index contributed by atoms with van der Waals surface area (Å²) in [6, 6.07) is 9.79. The number of hydrogen-bond donors (Lipinski definition) is 1. The number of aryl methyl sites for hydroxylation is 1. The Morgan fingerprint density at radius 2 is 2.12 bits per heavy atom. The molecule has 0 spiro atoms. The zero-order valence-electron chi connectivity index (χ0n) is 9.64. The minimum atomic E-state index is -0.0614. The van der Waals surface area contributed by atoms with E-state index in [-0.39, 0.29) is 12.3 Å². The largest absolute Gasteiger partial charge is 0.448 e. The van der Waals surface area contributed by atoms with Gasteiger partial charge in [0.15, 0.2) is 6.39 Å². The van der Waals surface area contributed by atoms with Crippen LogP contribution in [0.25, 0.3) is 0 Å². The highest BCUT2D eigenvalue weighted by atomic mass is 16.3. The van der Waals surface area contributed by atoms with E-state index in [1.165, 1.54) is 6.39 Å². The maximum Gasteiger partial charge on any atom is 0.227 e. The normalized spacial score (nSPS) is 10.2. The molecule has 1 amide bonds. The van der Waals surface area contributed by atoms with Gasteiger partial charge < -0.3 is 9.73 Å². The lowest BCUT2D eigenvalue weighted by atomic mass is 10.2. The standard InChI is InChI=1S/C13H14N2O2/c1-10-12(17-9-15-10)7-13(16)14-8-11-5-3-2-4-6-11/h2-6,9H,7-8H2,1H3,(H,14,16). The van der Waals surface area contributed by atoms with Crippen molar-refractivity contribution in [2.75, 3.05) is 0 Å². The molecule has 0 radical (unpaired) electrons. The van der Waals surface area contributed by atoms with Crippen LogP contribution in [-0.2, 0) is 17.8 Å². The van der Waals surface area contributed by atoms with Crippen molar-refractivity contribution in [2.45, 2.75) is 19.9 Å². The molecule has 17 heavy (non-hydrogen) atoms. The predicted octanol–water partition coefficient (Wildman–Crippen LogP) is 1.84. The van der Waals surface area contributed by atoms with Crippen LogP contribution in [-0.4, -0.2) is 10.9 Å². The van der Waals surface area contributed by atoms with Crippen LogP contribution in [0.2, 0.25) is 0 Å². The monoisotopic (exact) mass is 230 g/mol. The second-order valence-electron chi connectivity index (χ2n) is 3.80. The Labute approximate surface area is 99.7 Å². The highest BCUT2D eigenvalue weighted by molar-refractivity contribution is 5.78. The van der Waals surface area contributed by atoms with E-state index in [4.69, 9.17) is 4.42 Å². The third-order valence-electron chi connectivity index (χ3n) is 2.50. The van der Waals surface area contributed by atoms with Gasteiger partial charge in [-0.2, -0.15) is 0 Å². The first-order chi connectivity index (χ1) is 8.25. The highest BCUT2D eigenvalue weighted by Crippen LogP contribution is 2.05. The van der Waals surface area contributed by atoms with Gasteiger partial charge in [0.2, 0.25) is 5.91 Å². The molecule has 1 aromatic heterocycles. The minimum Gasteiger partial charge on any atom is -0.448 e. The van der Waals surface area contributed by atoms with Crippen molar-refractivity contribution >= 4 is 5.91 Å². The molecule has 1 aromatic carbocycles. The predicted molar refractivity (Wildman–Crippen MR) is 63.2 cm³/mol. The lowest BCUT2D eigenvalue weighted by Crippen LogP contribution is -2.24. The number of nitrogens with zero attached hydrogens (tertiary/aromatic N) is 1. The van der Waals surface area contributed by atoms with Gasteiger partial charge in [-0.1, -0.05) is 30.3 Å². The smallest absolute Gasteiger partial charge is 0.227 e. The molecule has 0 saturated heterocycles. The van der Waals surface area contributed by atoms with Crippen LogP contribution < -0.4 is 5.32 Å². The Kier molecular flexibility index (Phi) is 3.55. The van der Waals surface area contributed by atoms with Crippen LogP contribution in [0.4, 0.5) is 0 Å². The zero-order chi connectivity index (χ0) is 12.1. The van der Waals surface area contributed by atoms with Gasteiger partial charge in [-0.3, -0.25) is 4.79 Å². The molecular formula is C13H14N2O2. The average Bonchev–Trinajstić information content (AvgIpc) is 2.74. The minimum absolute atomic E-state index is 0.0614. The van der Waals surface area contributed by atoms with E-state index in [0.717, 1.165) is 11.3 Å². The molecule has 1 heterocycles. The Morgan fingerprint density at radius 1 is 1.35 bits per heavy atom. The van der Waals surface area contributed by atoms with Crippen LogP contribution >= 0.6 is 0 Å². The number of rotatable bonds is 4. The van der Waals surface area contributed by atoms with Gasteiger partial charge in [0.05, 0.1) is 12.1 Å². The molecule has 4 heteroatoms. The fraction of sp³-hybridized carbons (Fsp3) is 0.231. The lowest BCUT2D eigenvalue weighted by molar-refractivity contribution is -0.120. The third-order valence-corrected chi connectivity index (χ3v) is 2.50. The van der Waals surface area contributed by atoms with Crippen molar-refractivity contribution in [3.63, 3.8) is 0 Å². The van der Waals surface area contributed by atoms with Gasteiger partial charge >= 0.3 is 0 Å². The highest BCUT2D eigenvalue weighted by Gasteiger charge is 2.09. The summed E-state index contributed by atoms with van der Waals surface area (Å²) in [6.07, 6.45) is 1.59. The second-order valence-corrected chi connectivity index (χ2v) is 3.80. The Balaban J connectivity index is 1.85. The van der Waals surface area contributed by atoms with E-state index in [0.29, 0.717) is 12.3 Å². The fourth-order valence-electron chi connectivity index (χ4n) is 1.50. The van der Waals surface area contributed by atoms with Crippen molar-refractivity contribution in [1.29, 1.82) is 0 Å². The van der Waals surface area contributed by atoms with E-state index in [1.54, 1.807) is 0 Å². The summed E-state index contributed by atoms with van der Waals surface area (Å²) < 4.78 is 5.12. The molecule has 0 bridgehead atoms. The fourth-order valence-corrected chi connectivity index (χ4v) is 1.50. The molecule has 2 rings (SSSR count). The number of carbonyl (C=O) groups is 1. The first-order valence-electron chi connectivity index (χ1n) is 5.45. The first kappa shape index (κ1) is 11.4. The summed E-state index contributed by atoms with van der Waals surface area (Å²) >= 11 is 0. The number of benzene rings is 1. The van der Waals surface area contributed by atoms with E-state index in [9.17, 15) is 4.79 Å². The number of aromatic nitrogens is 1. The number of amides is 1. The number of hydrogen-bond acceptors (Lipinski definition) is 3. The van der Waals surface area contributed by atoms with Gasteiger partial charge in [-0.05, 0) is 12.5 Å². The van der Waals surface area contributed by atoms with Crippen molar-refractivity contribution in [2.24, 2.45) is 0 Å². The molecule has 0 saturated carbocycles.